The zero-order valence-corrected chi connectivity index (χ0v) is 12.9. The van der Waals surface area contributed by atoms with Crippen molar-refractivity contribution >= 4 is 0 Å². The van der Waals surface area contributed by atoms with Gasteiger partial charge in [0.2, 0.25) is 0 Å². The summed E-state index contributed by atoms with van der Waals surface area (Å²) in [6.07, 6.45) is 2.48. The maximum Gasteiger partial charge on any atom is 0.0652 e. The molecule has 1 aliphatic carbocycles. The van der Waals surface area contributed by atoms with Crippen LogP contribution in [0.3, 0.4) is 0 Å². The average molecular weight is 265 g/mol. The Kier molecular flexibility index (Phi) is 4.31. The van der Waals surface area contributed by atoms with Crippen LogP contribution in [-0.2, 0) is 24.2 Å². The van der Waals surface area contributed by atoms with E-state index >= 15 is 0 Å². The molecule has 2 rings (SSSR count). The minimum absolute atomic E-state index is 0.222. The molecular weight excluding hydrogens is 238 g/mol. The number of rotatable bonds is 6. The second kappa shape index (κ2) is 5.63. The molecular formula is C15H27N3O. The van der Waals surface area contributed by atoms with Gasteiger partial charge >= 0.3 is 0 Å². The van der Waals surface area contributed by atoms with E-state index in [-0.39, 0.29) is 5.41 Å². The van der Waals surface area contributed by atoms with Gasteiger partial charge in [-0.1, -0.05) is 20.8 Å². The molecule has 108 valence electrons. The minimum atomic E-state index is 0.222. The number of nitrogens with one attached hydrogen (secondary N) is 1. The van der Waals surface area contributed by atoms with E-state index in [1.807, 2.05) is 7.11 Å². The van der Waals surface area contributed by atoms with Crippen molar-refractivity contribution in [1.82, 2.24) is 15.1 Å². The molecule has 0 bridgehead atoms. The second-order valence-electron chi connectivity index (χ2n) is 6.01. The molecule has 2 unspecified atom stereocenters. The summed E-state index contributed by atoms with van der Waals surface area (Å²) < 4.78 is 7.60. The Morgan fingerprint density at radius 1 is 1.47 bits per heavy atom. The first kappa shape index (κ1) is 14.5. The second-order valence-corrected chi connectivity index (χ2v) is 6.01. The Morgan fingerprint density at radius 2 is 2.21 bits per heavy atom. The fraction of sp³-hybridized carbons (Fsp3) is 0.800. The fourth-order valence-electron chi connectivity index (χ4n) is 2.96. The lowest BCUT2D eigenvalue weighted by molar-refractivity contribution is -0.0980. The molecule has 1 fully saturated rings. The lowest BCUT2D eigenvalue weighted by Gasteiger charge is -2.51. The Hall–Kier alpha value is -0.870. The Balaban J connectivity index is 1.95. The topological polar surface area (TPSA) is 39.1 Å². The Labute approximate surface area is 116 Å². The molecule has 1 aromatic heterocycles. The standard InChI is InChI=1S/C15H27N3O/c1-6-11-8-12(18(7-2)17-11)10-16-13-9-14(19-5)15(13,3)4/h8,13-14,16H,6-7,9-10H2,1-5H3. The molecule has 19 heavy (non-hydrogen) atoms. The summed E-state index contributed by atoms with van der Waals surface area (Å²) in [5, 5.41) is 8.25. The summed E-state index contributed by atoms with van der Waals surface area (Å²) in [6.45, 7) is 10.7. The van der Waals surface area contributed by atoms with Gasteiger partial charge in [0.25, 0.3) is 0 Å². The molecule has 1 aliphatic rings. The third-order valence-corrected chi connectivity index (χ3v) is 4.57. The van der Waals surface area contributed by atoms with Crippen molar-refractivity contribution in [3.05, 3.63) is 17.5 Å². The van der Waals surface area contributed by atoms with Crippen LogP contribution in [0.15, 0.2) is 6.07 Å². The molecule has 0 aromatic carbocycles. The van der Waals surface area contributed by atoms with Crippen LogP contribution in [0.4, 0.5) is 0 Å². The quantitative estimate of drug-likeness (QED) is 0.858. The number of hydrogen-bond donors (Lipinski definition) is 1. The first-order valence-corrected chi connectivity index (χ1v) is 7.34. The maximum atomic E-state index is 5.49. The summed E-state index contributed by atoms with van der Waals surface area (Å²) in [5.41, 5.74) is 2.69. The number of hydrogen-bond acceptors (Lipinski definition) is 3. The highest BCUT2D eigenvalue weighted by Crippen LogP contribution is 2.42. The average Bonchev–Trinajstić information content (AvgIpc) is 2.80. The van der Waals surface area contributed by atoms with Crippen molar-refractivity contribution in [2.75, 3.05) is 7.11 Å². The van der Waals surface area contributed by atoms with Crippen molar-refractivity contribution in [3.63, 3.8) is 0 Å². The highest BCUT2D eigenvalue weighted by molar-refractivity contribution is 5.11. The summed E-state index contributed by atoms with van der Waals surface area (Å²) >= 11 is 0. The van der Waals surface area contributed by atoms with Crippen molar-refractivity contribution in [2.24, 2.45) is 5.41 Å². The third-order valence-electron chi connectivity index (χ3n) is 4.57. The summed E-state index contributed by atoms with van der Waals surface area (Å²) in [5.74, 6) is 0. The lowest BCUT2D eigenvalue weighted by Crippen LogP contribution is -2.60. The first-order chi connectivity index (χ1) is 9.02. The lowest BCUT2D eigenvalue weighted by atomic mass is 9.64. The highest BCUT2D eigenvalue weighted by atomic mass is 16.5. The molecule has 0 spiro atoms. The molecule has 1 N–H and O–H groups in total. The molecule has 0 aliphatic heterocycles. The maximum absolute atomic E-state index is 5.49. The van der Waals surface area contributed by atoms with Crippen LogP contribution in [0, 0.1) is 5.41 Å². The van der Waals surface area contributed by atoms with E-state index in [4.69, 9.17) is 4.74 Å². The van der Waals surface area contributed by atoms with Crippen LogP contribution in [0.25, 0.3) is 0 Å². The van der Waals surface area contributed by atoms with Crippen LogP contribution in [0.2, 0.25) is 0 Å². The third kappa shape index (κ3) is 2.70. The van der Waals surface area contributed by atoms with Crippen LogP contribution >= 0.6 is 0 Å². The van der Waals surface area contributed by atoms with Crippen molar-refractivity contribution in [2.45, 2.75) is 65.8 Å². The van der Waals surface area contributed by atoms with Gasteiger partial charge in [-0.2, -0.15) is 5.10 Å². The van der Waals surface area contributed by atoms with Gasteiger partial charge in [0.05, 0.1) is 17.5 Å². The predicted octanol–water partition coefficient (Wildman–Crippen LogP) is 2.37. The van der Waals surface area contributed by atoms with Gasteiger partial charge in [-0.15, -0.1) is 0 Å². The normalized spacial score (nSPS) is 25.3. The predicted molar refractivity (Wildman–Crippen MR) is 77.1 cm³/mol. The van der Waals surface area contributed by atoms with Gasteiger partial charge in [-0.05, 0) is 25.8 Å². The van der Waals surface area contributed by atoms with Gasteiger partial charge in [-0.25, -0.2) is 0 Å². The van der Waals surface area contributed by atoms with E-state index in [0.29, 0.717) is 12.1 Å². The molecule has 0 radical (unpaired) electrons. The van der Waals surface area contributed by atoms with Gasteiger partial charge < -0.3 is 10.1 Å². The van der Waals surface area contributed by atoms with E-state index in [2.05, 4.69) is 48.9 Å². The Bertz CT molecular complexity index is 425. The van der Waals surface area contributed by atoms with E-state index < -0.39 is 0 Å². The van der Waals surface area contributed by atoms with Crippen LogP contribution in [0.1, 0.15) is 45.5 Å². The summed E-state index contributed by atoms with van der Waals surface area (Å²) in [6, 6.07) is 2.75. The van der Waals surface area contributed by atoms with E-state index in [1.165, 1.54) is 11.4 Å². The first-order valence-electron chi connectivity index (χ1n) is 7.34. The van der Waals surface area contributed by atoms with E-state index in [9.17, 15) is 0 Å². The highest BCUT2D eigenvalue weighted by Gasteiger charge is 2.48. The number of aromatic nitrogens is 2. The number of nitrogens with zero attached hydrogens (tertiary/aromatic N) is 2. The van der Waals surface area contributed by atoms with Crippen LogP contribution in [0.5, 0.6) is 0 Å². The monoisotopic (exact) mass is 265 g/mol. The van der Waals surface area contributed by atoms with E-state index in [1.54, 1.807) is 0 Å². The molecule has 2 atom stereocenters. The molecule has 1 saturated carbocycles. The molecule has 0 amide bonds. The number of ether oxygens (including phenoxy) is 1. The van der Waals surface area contributed by atoms with Gasteiger partial charge in [0.1, 0.15) is 0 Å². The zero-order valence-electron chi connectivity index (χ0n) is 12.9. The smallest absolute Gasteiger partial charge is 0.0652 e. The van der Waals surface area contributed by atoms with Gasteiger partial charge in [-0.3, -0.25) is 4.68 Å². The molecule has 4 heteroatoms. The van der Waals surface area contributed by atoms with Crippen molar-refractivity contribution in [3.8, 4) is 0 Å². The molecule has 0 saturated heterocycles. The molecule has 1 heterocycles. The number of methoxy groups -OCH3 is 1. The fourth-order valence-corrected chi connectivity index (χ4v) is 2.96. The van der Waals surface area contributed by atoms with E-state index in [0.717, 1.165) is 25.9 Å². The van der Waals surface area contributed by atoms with Crippen molar-refractivity contribution in [1.29, 1.82) is 0 Å². The zero-order chi connectivity index (χ0) is 14.0. The Morgan fingerprint density at radius 3 is 2.74 bits per heavy atom. The van der Waals surface area contributed by atoms with Crippen LogP contribution in [-0.4, -0.2) is 29.0 Å². The summed E-state index contributed by atoms with van der Waals surface area (Å²) in [4.78, 5) is 0. The molecule has 4 nitrogen and oxygen atoms in total. The minimum Gasteiger partial charge on any atom is -0.381 e. The number of aryl methyl sites for hydroxylation is 2. The SMILES string of the molecule is CCc1cc(CNC2CC(OC)C2(C)C)n(CC)n1. The largest absolute Gasteiger partial charge is 0.381 e. The molecule has 1 aromatic rings. The van der Waals surface area contributed by atoms with Crippen LogP contribution < -0.4 is 5.32 Å². The van der Waals surface area contributed by atoms with Gasteiger partial charge in [0, 0.05) is 31.7 Å². The summed E-state index contributed by atoms with van der Waals surface area (Å²) in [7, 11) is 1.81. The van der Waals surface area contributed by atoms with Crippen molar-refractivity contribution < 1.29 is 4.74 Å². The van der Waals surface area contributed by atoms with Gasteiger partial charge in [0.15, 0.2) is 0 Å².